The molecule has 20 heavy (non-hydrogen) atoms. The van der Waals surface area contributed by atoms with E-state index < -0.39 is 10.2 Å². The first-order chi connectivity index (χ1) is 9.68. The topological polar surface area (TPSA) is 61.9 Å². The van der Waals surface area contributed by atoms with Crippen molar-refractivity contribution in [2.45, 2.75) is 44.2 Å². The van der Waals surface area contributed by atoms with Crippen LogP contribution in [0, 0.1) is 0 Å². The molecule has 1 saturated carbocycles. The SMILES string of the molecule is O=S(=O)(N1CCOCC1)N1CCCCC1CNC1CC1. The van der Waals surface area contributed by atoms with Crippen LogP contribution in [0.5, 0.6) is 0 Å². The van der Waals surface area contributed by atoms with Gasteiger partial charge in [-0.1, -0.05) is 6.42 Å². The zero-order valence-corrected chi connectivity index (χ0v) is 12.8. The van der Waals surface area contributed by atoms with Gasteiger partial charge in [-0.25, -0.2) is 0 Å². The number of nitrogens with one attached hydrogen (secondary N) is 1. The third kappa shape index (κ3) is 3.33. The van der Waals surface area contributed by atoms with Crippen LogP contribution in [0.3, 0.4) is 0 Å². The lowest BCUT2D eigenvalue weighted by atomic mass is 10.1. The van der Waals surface area contributed by atoms with E-state index in [0.29, 0.717) is 38.9 Å². The van der Waals surface area contributed by atoms with E-state index in [1.807, 2.05) is 0 Å². The number of ether oxygens (including phenoxy) is 1. The van der Waals surface area contributed by atoms with E-state index in [-0.39, 0.29) is 6.04 Å². The van der Waals surface area contributed by atoms with E-state index in [1.165, 1.54) is 12.8 Å². The molecular weight excluding hydrogens is 278 g/mol. The summed E-state index contributed by atoms with van der Waals surface area (Å²) in [5.74, 6) is 0. The van der Waals surface area contributed by atoms with Gasteiger partial charge in [0.25, 0.3) is 10.2 Å². The van der Waals surface area contributed by atoms with Crippen molar-refractivity contribution < 1.29 is 13.2 Å². The molecule has 0 aromatic rings. The van der Waals surface area contributed by atoms with Crippen LogP contribution in [0.25, 0.3) is 0 Å². The molecule has 2 aliphatic heterocycles. The highest BCUT2D eigenvalue weighted by Gasteiger charge is 2.37. The molecule has 0 bridgehead atoms. The van der Waals surface area contributed by atoms with Crippen LogP contribution < -0.4 is 5.32 Å². The molecule has 2 saturated heterocycles. The van der Waals surface area contributed by atoms with Gasteiger partial charge in [-0.15, -0.1) is 0 Å². The maximum absolute atomic E-state index is 12.8. The molecule has 3 fully saturated rings. The lowest BCUT2D eigenvalue weighted by Gasteiger charge is -2.39. The second-order valence-electron chi connectivity index (χ2n) is 5.96. The molecule has 7 heteroatoms. The average Bonchev–Trinajstić information content (AvgIpc) is 3.30. The molecule has 0 aromatic carbocycles. The average molecular weight is 303 g/mol. The number of hydrogen-bond acceptors (Lipinski definition) is 4. The Hall–Kier alpha value is -0.210. The number of hydrogen-bond donors (Lipinski definition) is 1. The van der Waals surface area contributed by atoms with Gasteiger partial charge in [-0.05, 0) is 25.7 Å². The molecule has 0 radical (unpaired) electrons. The summed E-state index contributed by atoms with van der Waals surface area (Å²) in [5, 5.41) is 3.48. The number of morpholine rings is 1. The van der Waals surface area contributed by atoms with Gasteiger partial charge in [0.2, 0.25) is 0 Å². The highest BCUT2D eigenvalue weighted by Crippen LogP contribution is 2.24. The Bertz CT molecular complexity index is 419. The summed E-state index contributed by atoms with van der Waals surface area (Å²) in [6.45, 7) is 3.46. The summed E-state index contributed by atoms with van der Waals surface area (Å²) in [7, 11) is -3.32. The zero-order valence-electron chi connectivity index (χ0n) is 12.0. The van der Waals surface area contributed by atoms with Gasteiger partial charge in [0, 0.05) is 38.3 Å². The van der Waals surface area contributed by atoms with Crippen molar-refractivity contribution in [3.05, 3.63) is 0 Å². The third-order valence-electron chi connectivity index (χ3n) is 4.39. The maximum atomic E-state index is 12.8. The van der Waals surface area contributed by atoms with Gasteiger partial charge in [-0.3, -0.25) is 0 Å². The highest BCUT2D eigenvalue weighted by atomic mass is 32.2. The Kier molecular flexibility index (Phi) is 4.62. The third-order valence-corrected chi connectivity index (χ3v) is 6.48. The van der Waals surface area contributed by atoms with Crippen molar-refractivity contribution in [2.24, 2.45) is 0 Å². The van der Waals surface area contributed by atoms with Crippen molar-refractivity contribution in [1.29, 1.82) is 0 Å². The van der Waals surface area contributed by atoms with Crippen molar-refractivity contribution in [3.63, 3.8) is 0 Å². The Morgan fingerprint density at radius 3 is 2.50 bits per heavy atom. The molecule has 2 heterocycles. The fraction of sp³-hybridized carbons (Fsp3) is 1.00. The number of rotatable bonds is 5. The molecular formula is C13H25N3O3S. The Balaban J connectivity index is 1.66. The second-order valence-corrected chi connectivity index (χ2v) is 7.84. The highest BCUT2D eigenvalue weighted by molar-refractivity contribution is 7.86. The standard InChI is InChI=1S/C13H25N3O3S/c17-20(18,15-7-9-19-10-8-15)16-6-2-1-3-13(16)11-14-12-4-5-12/h12-14H,1-11H2. The van der Waals surface area contributed by atoms with E-state index in [0.717, 1.165) is 25.8 Å². The lowest BCUT2D eigenvalue weighted by Crippen LogP contribution is -2.55. The van der Waals surface area contributed by atoms with Gasteiger partial charge in [0.15, 0.2) is 0 Å². The monoisotopic (exact) mass is 303 g/mol. The van der Waals surface area contributed by atoms with Crippen molar-refractivity contribution in [3.8, 4) is 0 Å². The summed E-state index contributed by atoms with van der Waals surface area (Å²) in [5.41, 5.74) is 0. The van der Waals surface area contributed by atoms with Gasteiger partial charge in [0.05, 0.1) is 13.2 Å². The van der Waals surface area contributed by atoms with Gasteiger partial charge >= 0.3 is 0 Å². The first kappa shape index (κ1) is 14.7. The van der Waals surface area contributed by atoms with Crippen LogP contribution in [-0.4, -0.2) is 68.5 Å². The molecule has 3 aliphatic rings. The second kappa shape index (κ2) is 6.27. The minimum Gasteiger partial charge on any atom is -0.379 e. The van der Waals surface area contributed by atoms with Crippen LogP contribution in [0.1, 0.15) is 32.1 Å². The number of piperidine rings is 1. The molecule has 0 aromatic heterocycles. The minimum atomic E-state index is -3.32. The van der Waals surface area contributed by atoms with E-state index in [2.05, 4.69) is 5.32 Å². The van der Waals surface area contributed by atoms with E-state index in [4.69, 9.17) is 4.74 Å². The molecule has 1 atom stereocenters. The van der Waals surface area contributed by atoms with Crippen molar-refractivity contribution >= 4 is 10.2 Å². The summed E-state index contributed by atoms with van der Waals surface area (Å²) in [4.78, 5) is 0. The van der Waals surface area contributed by atoms with E-state index >= 15 is 0 Å². The van der Waals surface area contributed by atoms with Crippen LogP contribution in [-0.2, 0) is 14.9 Å². The van der Waals surface area contributed by atoms with E-state index in [9.17, 15) is 8.42 Å². The zero-order chi connectivity index (χ0) is 14.0. The summed E-state index contributed by atoms with van der Waals surface area (Å²) >= 11 is 0. The summed E-state index contributed by atoms with van der Waals surface area (Å²) in [6.07, 6.45) is 5.56. The predicted octanol–water partition coefficient (Wildman–Crippen LogP) is 0.170. The van der Waals surface area contributed by atoms with Crippen LogP contribution >= 0.6 is 0 Å². The first-order valence-corrected chi connectivity index (χ1v) is 9.15. The molecule has 0 spiro atoms. The first-order valence-electron chi connectivity index (χ1n) is 7.76. The normalized spacial score (nSPS) is 30.5. The number of nitrogens with zero attached hydrogens (tertiary/aromatic N) is 2. The van der Waals surface area contributed by atoms with E-state index in [1.54, 1.807) is 8.61 Å². The summed E-state index contributed by atoms with van der Waals surface area (Å²) < 4.78 is 34.1. The molecule has 116 valence electrons. The fourth-order valence-corrected chi connectivity index (χ4v) is 4.82. The molecule has 3 rings (SSSR count). The van der Waals surface area contributed by atoms with Crippen LogP contribution in [0.15, 0.2) is 0 Å². The van der Waals surface area contributed by atoms with Gasteiger partial charge in [0.1, 0.15) is 0 Å². The predicted molar refractivity (Wildman–Crippen MR) is 76.7 cm³/mol. The molecule has 0 amide bonds. The molecule has 1 N–H and O–H groups in total. The van der Waals surface area contributed by atoms with Crippen LogP contribution in [0.4, 0.5) is 0 Å². The Morgan fingerprint density at radius 1 is 1.05 bits per heavy atom. The lowest BCUT2D eigenvalue weighted by molar-refractivity contribution is 0.0682. The van der Waals surface area contributed by atoms with Gasteiger partial charge in [-0.2, -0.15) is 17.0 Å². The molecule has 6 nitrogen and oxygen atoms in total. The van der Waals surface area contributed by atoms with Crippen molar-refractivity contribution in [1.82, 2.24) is 13.9 Å². The fourth-order valence-electron chi connectivity index (χ4n) is 3.00. The Labute approximate surface area is 121 Å². The Morgan fingerprint density at radius 2 is 1.80 bits per heavy atom. The largest absolute Gasteiger partial charge is 0.379 e. The van der Waals surface area contributed by atoms with Crippen LogP contribution in [0.2, 0.25) is 0 Å². The smallest absolute Gasteiger partial charge is 0.282 e. The quantitative estimate of drug-likeness (QED) is 0.786. The minimum absolute atomic E-state index is 0.122. The molecule has 1 aliphatic carbocycles. The molecule has 1 unspecified atom stereocenters. The van der Waals surface area contributed by atoms with Crippen molar-refractivity contribution in [2.75, 3.05) is 39.4 Å². The summed E-state index contributed by atoms with van der Waals surface area (Å²) in [6, 6.07) is 0.752. The maximum Gasteiger partial charge on any atom is 0.282 e. The van der Waals surface area contributed by atoms with Gasteiger partial charge < -0.3 is 10.1 Å².